The number of methoxy groups -OCH3 is 1. The number of carbonyl (C=O) groups is 3. The van der Waals surface area contributed by atoms with Gasteiger partial charge in [0.25, 0.3) is 0 Å². The molecule has 19 heavy (non-hydrogen) atoms. The zero-order valence-electron chi connectivity index (χ0n) is 11.5. The van der Waals surface area contributed by atoms with Crippen LogP contribution >= 0.6 is 0 Å². The number of likely N-dealkylation sites (N-methyl/N-ethyl adjacent to an activating group) is 1. The van der Waals surface area contributed by atoms with Crippen molar-refractivity contribution in [3.63, 3.8) is 0 Å². The number of hydrogen-bond acceptors (Lipinski definition) is 4. The lowest BCUT2D eigenvalue weighted by Gasteiger charge is -2.20. The summed E-state index contributed by atoms with van der Waals surface area (Å²) in [5.74, 6) is -1.26. The molecule has 0 rings (SSSR count). The number of nitrogens with one attached hydrogen (secondary N) is 1. The number of rotatable bonds is 9. The Morgan fingerprint density at radius 3 is 2.37 bits per heavy atom. The molecule has 7 nitrogen and oxygen atoms in total. The molecule has 0 saturated heterocycles. The minimum absolute atomic E-state index is 0.0378. The van der Waals surface area contributed by atoms with Gasteiger partial charge in [-0.15, -0.1) is 0 Å². The maximum absolute atomic E-state index is 11.7. The van der Waals surface area contributed by atoms with Crippen molar-refractivity contribution in [3.8, 4) is 0 Å². The largest absolute Gasteiger partial charge is 0.481 e. The molecule has 0 aliphatic heterocycles. The molecule has 0 aromatic heterocycles. The Balaban J connectivity index is 3.89. The van der Waals surface area contributed by atoms with Crippen molar-refractivity contribution in [1.29, 1.82) is 0 Å². The highest BCUT2D eigenvalue weighted by Crippen LogP contribution is 2.00. The molecule has 0 aromatic rings. The maximum atomic E-state index is 11.7. The molecule has 0 saturated carbocycles. The second-order valence-electron chi connectivity index (χ2n) is 4.03. The smallest absolute Gasteiger partial charge is 0.324 e. The van der Waals surface area contributed by atoms with E-state index in [1.165, 1.54) is 4.90 Å². The van der Waals surface area contributed by atoms with Crippen molar-refractivity contribution in [3.05, 3.63) is 0 Å². The third-order valence-corrected chi connectivity index (χ3v) is 2.53. The summed E-state index contributed by atoms with van der Waals surface area (Å²) in [4.78, 5) is 34.9. The Labute approximate surface area is 112 Å². The molecule has 0 radical (unpaired) electrons. The summed E-state index contributed by atoms with van der Waals surface area (Å²) in [5.41, 5.74) is 0. The van der Waals surface area contributed by atoms with Crippen molar-refractivity contribution in [2.75, 3.05) is 26.8 Å². The summed E-state index contributed by atoms with van der Waals surface area (Å²) in [7, 11) is 1.54. The monoisotopic (exact) mass is 274 g/mol. The Morgan fingerprint density at radius 2 is 1.84 bits per heavy atom. The van der Waals surface area contributed by atoms with E-state index < -0.39 is 12.0 Å². The number of carboxylic acids is 1. The van der Waals surface area contributed by atoms with Crippen molar-refractivity contribution in [2.45, 2.75) is 32.6 Å². The van der Waals surface area contributed by atoms with E-state index in [-0.39, 0.29) is 18.7 Å². The summed E-state index contributed by atoms with van der Waals surface area (Å²) >= 11 is 0. The molecule has 110 valence electrons. The third-order valence-electron chi connectivity index (χ3n) is 2.53. The predicted molar refractivity (Wildman–Crippen MR) is 68.8 cm³/mol. The zero-order valence-corrected chi connectivity index (χ0v) is 11.5. The molecular formula is C12H22N2O5. The predicted octanol–water partition coefficient (Wildman–Crippen LogP) is 0.836. The highest BCUT2D eigenvalue weighted by Gasteiger charge is 2.14. The number of hydrogen-bond donors (Lipinski definition) is 2. The maximum Gasteiger partial charge on any atom is 0.324 e. The number of ether oxygens (including phenoxy) is 1. The number of nitrogens with zero attached hydrogens (tertiary/aromatic N) is 1. The van der Waals surface area contributed by atoms with Crippen LogP contribution in [0.1, 0.15) is 32.6 Å². The lowest BCUT2D eigenvalue weighted by Crippen LogP contribution is -2.44. The first-order valence-corrected chi connectivity index (χ1v) is 6.30. The number of urea groups is 1. The highest BCUT2D eigenvalue weighted by atomic mass is 16.5. The van der Waals surface area contributed by atoms with Crippen molar-refractivity contribution in [2.24, 2.45) is 0 Å². The Bertz CT molecular complexity index is 306. The van der Waals surface area contributed by atoms with Gasteiger partial charge >= 0.3 is 12.0 Å². The van der Waals surface area contributed by atoms with E-state index >= 15 is 0 Å². The average molecular weight is 274 g/mol. The molecule has 0 aliphatic carbocycles. The quantitative estimate of drug-likeness (QED) is 0.607. The summed E-state index contributed by atoms with van der Waals surface area (Å²) in [5, 5.41) is 10.7. The minimum atomic E-state index is -0.881. The molecule has 7 heteroatoms. The fourth-order valence-electron chi connectivity index (χ4n) is 1.43. The average Bonchev–Trinajstić information content (AvgIpc) is 2.35. The standard InChI is InChI=1S/C12H22N2O5/c1-3-14(8-9-19-2)12(18)13-10(15)6-4-5-7-11(16)17/h3-9H2,1-2H3,(H,16,17)(H,13,15,18). The summed E-state index contributed by atoms with van der Waals surface area (Å²) in [6.45, 7) is 3.13. The fourth-order valence-corrected chi connectivity index (χ4v) is 1.43. The minimum Gasteiger partial charge on any atom is -0.481 e. The SMILES string of the molecule is CCN(CCOC)C(=O)NC(=O)CCCCC(=O)O. The van der Waals surface area contributed by atoms with Crippen molar-refractivity contribution >= 4 is 17.9 Å². The van der Waals surface area contributed by atoms with Crippen LogP contribution in [0, 0.1) is 0 Å². The third kappa shape index (κ3) is 9.01. The second kappa shape index (κ2) is 10.3. The number of carboxylic acid groups (broad SMARTS) is 1. The Kier molecular flexibility index (Phi) is 9.42. The number of amides is 3. The molecule has 0 bridgehead atoms. The van der Waals surface area contributed by atoms with Gasteiger partial charge < -0.3 is 14.7 Å². The van der Waals surface area contributed by atoms with Gasteiger partial charge in [0, 0.05) is 33.0 Å². The topological polar surface area (TPSA) is 95.9 Å². The van der Waals surface area contributed by atoms with E-state index in [1.54, 1.807) is 7.11 Å². The van der Waals surface area contributed by atoms with Crippen LogP contribution in [0.25, 0.3) is 0 Å². The van der Waals surface area contributed by atoms with E-state index in [4.69, 9.17) is 9.84 Å². The Hall–Kier alpha value is -1.63. The Morgan fingerprint density at radius 1 is 1.21 bits per heavy atom. The first-order valence-electron chi connectivity index (χ1n) is 6.30. The lowest BCUT2D eigenvalue weighted by atomic mass is 10.2. The summed E-state index contributed by atoms with van der Waals surface area (Å²) < 4.78 is 4.87. The molecule has 2 N–H and O–H groups in total. The van der Waals surface area contributed by atoms with Crippen molar-refractivity contribution in [1.82, 2.24) is 10.2 Å². The normalized spacial score (nSPS) is 10.0. The van der Waals surface area contributed by atoms with Gasteiger partial charge in [0.1, 0.15) is 0 Å². The zero-order chi connectivity index (χ0) is 14.7. The van der Waals surface area contributed by atoms with Crippen LogP contribution in [0.5, 0.6) is 0 Å². The number of aliphatic carboxylic acids is 1. The molecule has 0 aromatic carbocycles. The number of carbonyl (C=O) groups excluding carboxylic acids is 2. The van der Waals surface area contributed by atoms with Gasteiger partial charge in [-0.2, -0.15) is 0 Å². The lowest BCUT2D eigenvalue weighted by molar-refractivity contribution is -0.137. The second-order valence-corrected chi connectivity index (χ2v) is 4.03. The van der Waals surface area contributed by atoms with Crippen LogP contribution in [0.2, 0.25) is 0 Å². The van der Waals surface area contributed by atoms with Gasteiger partial charge in [0.2, 0.25) is 5.91 Å². The van der Waals surface area contributed by atoms with Crippen LogP contribution in [0.15, 0.2) is 0 Å². The van der Waals surface area contributed by atoms with E-state index in [0.717, 1.165) is 0 Å². The molecule has 0 spiro atoms. The van der Waals surface area contributed by atoms with Crippen LogP contribution in [0.4, 0.5) is 4.79 Å². The van der Waals surface area contributed by atoms with Crippen molar-refractivity contribution < 1.29 is 24.2 Å². The summed E-state index contributed by atoms with van der Waals surface area (Å²) in [6, 6.07) is -0.442. The van der Waals surface area contributed by atoms with Gasteiger partial charge in [0.15, 0.2) is 0 Å². The van der Waals surface area contributed by atoms with Gasteiger partial charge in [-0.3, -0.25) is 14.9 Å². The van der Waals surface area contributed by atoms with Gasteiger partial charge in [-0.05, 0) is 19.8 Å². The van der Waals surface area contributed by atoms with Gasteiger partial charge in [-0.1, -0.05) is 0 Å². The molecule has 0 heterocycles. The first kappa shape index (κ1) is 17.4. The van der Waals surface area contributed by atoms with E-state index in [2.05, 4.69) is 5.32 Å². The molecule has 0 atom stereocenters. The number of unbranched alkanes of at least 4 members (excludes halogenated alkanes) is 1. The van der Waals surface area contributed by atoms with Crippen LogP contribution < -0.4 is 5.32 Å². The molecule has 3 amide bonds. The first-order chi connectivity index (χ1) is 9.01. The van der Waals surface area contributed by atoms with E-state index in [9.17, 15) is 14.4 Å². The molecule has 0 fully saturated rings. The molecule has 0 unspecified atom stereocenters. The van der Waals surface area contributed by atoms with Crippen LogP contribution in [0.3, 0.4) is 0 Å². The van der Waals surface area contributed by atoms with E-state index in [0.29, 0.717) is 32.5 Å². The molecule has 0 aliphatic rings. The van der Waals surface area contributed by atoms with Crippen LogP contribution in [-0.4, -0.2) is 54.7 Å². The highest BCUT2D eigenvalue weighted by molar-refractivity contribution is 5.94. The molecular weight excluding hydrogens is 252 g/mol. The van der Waals surface area contributed by atoms with Gasteiger partial charge in [0.05, 0.1) is 6.61 Å². The fraction of sp³-hybridized carbons (Fsp3) is 0.750. The number of imide groups is 1. The van der Waals surface area contributed by atoms with Crippen LogP contribution in [-0.2, 0) is 14.3 Å². The van der Waals surface area contributed by atoms with Gasteiger partial charge in [-0.25, -0.2) is 4.79 Å². The summed E-state index contributed by atoms with van der Waals surface area (Å²) in [6.07, 6.45) is 1.07. The van der Waals surface area contributed by atoms with E-state index in [1.807, 2.05) is 6.92 Å².